The molecule has 140 valence electrons. The van der Waals surface area contributed by atoms with E-state index in [-0.39, 0.29) is 5.91 Å². The topological polar surface area (TPSA) is 73.0 Å². The Morgan fingerprint density at radius 2 is 1.96 bits per heavy atom. The summed E-state index contributed by atoms with van der Waals surface area (Å²) in [6.45, 7) is 0.294. The molecule has 0 fully saturated rings. The van der Waals surface area contributed by atoms with Gasteiger partial charge in [0.15, 0.2) is 5.76 Å². The van der Waals surface area contributed by atoms with Crippen LogP contribution in [0.3, 0.4) is 0 Å². The average Bonchev–Trinajstić information content (AvgIpc) is 3.39. The van der Waals surface area contributed by atoms with Crippen molar-refractivity contribution in [1.82, 2.24) is 20.1 Å². The van der Waals surface area contributed by atoms with Crippen molar-refractivity contribution in [1.29, 1.82) is 0 Å². The molecule has 4 rings (SSSR count). The summed E-state index contributed by atoms with van der Waals surface area (Å²) in [5, 5.41) is 8.16. The van der Waals surface area contributed by atoms with Gasteiger partial charge in [-0.3, -0.25) is 9.78 Å². The number of rotatable bonds is 5. The van der Waals surface area contributed by atoms with Crippen molar-refractivity contribution >= 4 is 29.1 Å². The summed E-state index contributed by atoms with van der Waals surface area (Å²) in [6, 6.07) is 15.8. The Hall–Kier alpha value is -3.09. The fourth-order valence-electron chi connectivity index (χ4n) is 2.67. The van der Waals surface area contributed by atoms with E-state index in [1.54, 1.807) is 48.9 Å². The Labute approximate surface area is 170 Å². The van der Waals surface area contributed by atoms with Gasteiger partial charge in [-0.15, -0.1) is 0 Å². The molecule has 1 amide bonds. The lowest BCUT2D eigenvalue weighted by Gasteiger charge is -2.09. The highest BCUT2D eigenvalue weighted by Crippen LogP contribution is 2.27. The molecular weight excluding hydrogens is 399 g/mol. The van der Waals surface area contributed by atoms with Crippen LogP contribution < -0.4 is 5.32 Å². The lowest BCUT2D eigenvalue weighted by atomic mass is 10.2. The summed E-state index contributed by atoms with van der Waals surface area (Å²) in [5.41, 5.74) is 2.22. The molecule has 0 aliphatic carbocycles. The molecule has 0 spiro atoms. The zero-order valence-electron chi connectivity index (χ0n) is 14.5. The van der Waals surface area contributed by atoms with E-state index in [0.717, 1.165) is 5.69 Å². The minimum absolute atomic E-state index is 0.294. The fraction of sp³-hybridized carbons (Fsp3) is 0.0500. The van der Waals surface area contributed by atoms with Crippen LogP contribution in [-0.4, -0.2) is 20.7 Å². The molecule has 0 unspecified atom stereocenters. The van der Waals surface area contributed by atoms with E-state index in [9.17, 15) is 4.79 Å². The zero-order chi connectivity index (χ0) is 19.5. The summed E-state index contributed by atoms with van der Waals surface area (Å²) >= 11 is 12.2. The Balaban J connectivity index is 1.69. The molecule has 3 aromatic heterocycles. The summed E-state index contributed by atoms with van der Waals surface area (Å²) < 4.78 is 6.92. The first-order chi connectivity index (χ1) is 13.6. The van der Waals surface area contributed by atoms with Gasteiger partial charge in [-0.2, -0.15) is 5.10 Å². The van der Waals surface area contributed by atoms with Crippen LogP contribution in [0.5, 0.6) is 0 Å². The molecule has 1 aromatic carbocycles. The highest BCUT2D eigenvalue weighted by Gasteiger charge is 2.19. The van der Waals surface area contributed by atoms with E-state index in [1.165, 1.54) is 4.68 Å². The summed E-state index contributed by atoms with van der Waals surface area (Å²) in [5.74, 6) is 0.250. The minimum atomic E-state index is -0.304. The monoisotopic (exact) mass is 412 g/mol. The number of furan rings is 1. The van der Waals surface area contributed by atoms with Crippen LogP contribution in [0, 0.1) is 0 Å². The quantitative estimate of drug-likeness (QED) is 0.512. The SMILES string of the molecule is O=C(NCc1ccccn1)c1cc(-c2ccco2)nn1-c1ccc(Cl)c(Cl)c1. The summed E-state index contributed by atoms with van der Waals surface area (Å²) in [4.78, 5) is 17.1. The van der Waals surface area contributed by atoms with Crippen LogP contribution in [0.4, 0.5) is 0 Å². The maximum atomic E-state index is 12.9. The van der Waals surface area contributed by atoms with Crippen molar-refractivity contribution in [3.05, 3.63) is 88.5 Å². The predicted octanol–water partition coefficient (Wildman–Crippen LogP) is 4.76. The van der Waals surface area contributed by atoms with Crippen molar-refractivity contribution in [2.45, 2.75) is 6.54 Å². The standard InChI is InChI=1S/C20H14Cl2N4O2/c21-15-7-6-14(10-16(15)22)26-18(11-17(25-26)19-5-3-9-28-19)20(27)24-12-13-4-1-2-8-23-13/h1-11H,12H2,(H,24,27). The normalized spacial score (nSPS) is 10.8. The van der Waals surface area contributed by atoms with Crippen LogP contribution in [0.2, 0.25) is 10.0 Å². The van der Waals surface area contributed by atoms with Gasteiger partial charge in [-0.05, 0) is 42.5 Å². The van der Waals surface area contributed by atoms with Gasteiger partial charge in [0.2, 0.25) is 0 Å². The number of pyridine rings is 1. The first-order valence-corrected chi connectivity index (χ1v) is 9.15. The zero-order valence-corrected chi connectivity index (χ0v) is 16.0. The Morgan fingerprint density at radius 3 is 2.68 bits per heavy atom. The lowest BCUT2D eigenvalue weighted by molar-refractivity contribution is 0.0942. The van der Waals surface area contributed by atoms with Crippen LogP contribution in [0.1, 0.15) is 16.2 Å². The molecule has 0 radical (unpaired) electrons. The third-order valence-electron chi connectivity index (χ3n) is 4.02. The van der Waals surface area contributed by atoms with Gasteiger partial charge in [0.1, 0.15) is 11.4 Å². The molecule has 0 aliphatic rings. The minimum Gasteiger partial charge on any atom is -0.463 e. The number of carbonyl (C=O) groups is 1. The second-order valence-corrected chi connectivity index (χ2v) is 6.72. The van der Waals surface area contributed by atoms with E-state index in [4.69, 9.17) is 27.6 Å². The van der Waals surface area contributed by atoms with Gasteiger partial charge in [0.25, 0.3) is 5.91 Å². The molecular formula is C20H14Cl2N4O2. The highest BCUT2D eigenvalue weighted by molar-refractivity contribution is 6.42. The second-order valence-electron chi connectivity index (χ2n) is 5.91. The third kappa shape index (κ3) is 3.78. The Bertz CT molecular complexity index is 1110. The molecule has 6 nitrogen and oxygen atoms in total. The number of halogens is 2. The molecule has 0 atom stereocenters. The van der Waals surface area contributed by atoms with E-state index in [0.29, 0.717) is 39.4 Å². The van der Waals surface area contributed by atoms with E-state index < -0.39 is 0 Å². The second kappa shape index (κ2) is 7.88. The first kappa shape index (κ1) is 18.3. The third-order valence-corrected chi connectivity index (χ3v) is 4.76. The predicted molar refractivity (Wildman–Crippen MR) is 107 cm³/mol. The number of amides is 1. The van der Waals surface area contributed by atoms with E-state index >= 15 is 0 Å². The van der Waals surface area contributed by atoms with Crippen molar-refractivity contribution in [2.24, 2.45) is 0 Å². The van der Waals surface area contributed by atoms with Crippen LogP contribution in [0.15, 0.2) is 71.5 Å². The molecule has 0 saturated carbocycles. The van der Waals surface area contributed by atoms with Gasteiger partial charge in [-0.1, -0.05) is 29.3 Å². The van der Waals surface area contributed by atoms with Gasteiger partial charge >= 0.3 is 0 Å². The van der Waals surface area contributed by atoms with Gasteiger partial charge in [-0.25, -0.2) is 4.68 Å². The molecule has 4 aromatic rings. The van der Waals surface area contributed by atoms with Gasteiger partial charge < -0.3 is 9.73 Å². The molecule has 3 heterocycles. The Kier molecular flexibility index (Phi) is 5.14. The van der Waals surface area contributed by atoms with E-state index in [1.807, 2.05) is 18.2 Å². The first-order valence-electron chi connectivity index (χ1n) is 8.39. The maximum Gasteiger partial charge on any atom is 0.270 e. The summed E-state index contributed by atoms with van der Waals surface area (Å²) in [6.07, 6.45) is 3.23. The molecule has 28 heavy (non-hydrogen) atoms. The van der Waals surface area contributed by atoms with E-state index in [2.05, 4.69) is 15.4 Å². The molecule has 0 saturated heterocycles. The summed E-state index contributed by atoms with van der Waals surface area (Å²) in [7, 11) is 0. The number of benzene rings is 1. The largest absolute Gasteiger partial charge is 0.463 e. The Morgan fingerprint density at radius 1 is 1.07 bits per heavy atom. The average molecular weight is 413 g/mol. The van der Waals surface area contributed by atoms with Gasteiger partial charge in [0.05, 0.1) is 34.2 Å². The van der Waals surface area contributed by atoms with Crippen molar-refractivity contribution in [3.63, 3.8) is 0 Å². The van der Waals surface area contributed by atoms with Crippen LogP contribution in [-0.2, 0) is 6.54 Å². The number of hydrogen-bond acceptors (Lipinski definition) is 4. The number of nitrogens with zero attached hydrogens (tertiary/aromatic N) is 3. The molecule has 0 aliphatic heterocycles. The van der Waals surface area contributed by atoms with Crippen molar-refractivity contribution in [2.75, 3.05) is 0 Å². The molecule has 8 heteroatoms. The number of hydrogen-bond donors (Lipinski definition) is 1. The smallest absolute Gasteiger partial charge is 0.270 e. The maximum absolute atomic E-state index is 12.9. The number of nitrogens with one attached hydrogen (secondary N) is 1. The fourth-order valence-corrected chi connectivity index (χ4v) is 2.96. The highest BCUT2D eigenvalue weighted by atomic mass is 35.5. The van der Waals surface area contributed by atoms with Gasteiger partial charge in [0, 0.05) is 12.3 Å². The van der Waals surface area contributed by atoms with Crippen molar-refractivity contribution < 1.29 is 9.21 Å². The molecule has 1 N–H and O–H groups in total. The van der Waals surface area contributed by atoms with Crippen LogP contribution in [0.25, 0.3) is 17.1 Å². The number of aromatic nitrogens is 3. The van der Waals surface area contributed by atoms with Crippen molar-refractivity contribution in [3.8, 4) is 17.1 Å². The lowest BCUT2D eigenvalue weighted by Crippen LogP contribution is -2.25. The number of carbonyl (C=O) groups excluding carboxylic acids is 1. The van der Waals surface area contributed by atoms with Crippen LogP contribution >= 0.6 is 23.2 Å². The molecule has 0 bridgehead atoms.